The Hall–Kier alpha value is -2.63. The Morgan fingerprint density at radius 3 is 2.79 bits per heavy atom. The van der Waals surface area contributed by atoms with Crippen LogP contribution in [0.2, 0.25) is 0 Å². The summed E-state index contributed by atoms with van der Waals surface area (Å²) in [4.78, 5) is 15.7. The first kappa shape index (κ1) is 11.5. The van der Waals surface area contributed by atoms with Crippen molar-refractivity contribution in [2.75, 3.05) is 0 Å². The van der Waals surface area contributed by atoms with Crippen LogP contribution >= 0.6 is 0 Å². The number of hydrogen-bond donors (Lipinski definition) is 1. The Morgan fingerprint density at radius 2 is 2.05 bits per heavy atom. The van der Waals surface area contributed by atoms with E-state index in [0.717, 1.165) is 11.0 Å². The minimum absolute atomic E-state index is 0.200. The summed E-state index contributed by atoms with van der Waals surface area (Å²) in [5.74, 6) is -0.475. The zero-order valence-corrected chi connectivity index (χ0v) is 10.5. The van der Waals surface area contributed by atoms with E-state index in [1.807, 2.05) is 24.3 Å². The van der Waals surface area contributed by atoms with Crippen molar-refractivity contribution >= 4 is 17.0 Å². The Balaban J connectivity index is 2.36. The molecule has 96 valence electrons. The van der Waals surface area contributed by atoms with Crippen LogP contribution < -0.4 is 0 Å². The lowest BCUT2D eigenvalue weighted by molar-refractivity contribution is 0.0696. The molecule has 0 aliphatic rings. The van der Waals surface area contributed by atoms with Gasteiger partial charge in [0.05, 0.1) is 16.7 Å². The van der Waals surface area contributed by atoms with E-state index in [1.54, 1.807) is 29.5 Å². The van der Waals surface area contributed by atoms with Gasteiger partial charge in [0.2, 0.25) is 0 Å². The molecule has 0 saturated carbocycles. The van der Waals surface area contributed by atoms with Gasteiger partial charge >= 0.3 is 5.97 Å². The molecule has 0 aliphatic heterocycles. The van der Waals surface area contributed by atoms with Gasteiger partial charge < -0.3 is 5.11 Å². The normalized spacial score (nSPS) is 11.1. The summed E-state index contributed by atoms with van der Waals surface area (Å²) in [7, 11) is 1.73. The second-order valence-corrected chi connectivity index (χ2v) is 4.32. The maximum Gasteiger partial charge on any atom is 0.341 e. The van der Waals surface area contributed by atoms with Crippen molar-refractivity contribution in [2.45, 2.75) is 6.92 Å². The standard InChI is InChI=1S/C13H12N4O2/c1-8-11(13(18)19)12(16(2)15-8)17-7-14-9-5-3-4-6-10(9)17/h3-7H,1-2H3,(H,18,19). The molecular weight excluding hydrogens is 244 g/mol. The number of imidazole rings is 1. The first-order chi connectivity index (χ1) is 9.09. The summed E-state index contributed by atoms with van der Waals surface area (Å²) >= 11 is 0. The van der Waals surface area contributed by atoms with Crippen LogP contribution in [0, 0.1) is 6.92 Å². The van der Waals surface area contributed by atoms with Crippen LogP contribution in [0.1, 0.15) is 16.1 Å². The third kappa shape index (κ3) is 1.61. The molecule has 0 fully saturated rings. The molecule has 1 aromatic carbocycles. The molecule has 19 heavy (non-hydrogen) atoms. The zero-order chi connectivity index (χ0) is 13.6. The van der Waals surface area contributed by atoms with E-state index in [0.29, 0.717) is 11.5 Å². The fourth-order valence-electron chi connectivity index (χ4n) is 2.30. The number of benzene rings is 1. The number of hydrogen-bond acceptors (Lipinski definition) is 3. The summed E-state index contributed by atoms with van der Waals surface area (Å²) in [6, 6.07) is 7.57. The number of carboxylic acid groups (broad SMARTS) is 1. The third-order valence-corrected chi connectivity index (χ3v) is 3.09. The first-order valence-corrected chi connectivity index (χ1v) is 5.79. The first-order valence-electron chi connectivity index (χ1n) is 5.79. The fourth-order valence-corrected chi connectivity index (χ4v) is 2.30. The van der Waals surface area contributed by atoms with Crippen molar-refractivity contribution in [3.8, 4) is 5.82 Å². The molecule has 0 bridgehead atoms. The number of fused-ring (bicyclic) bond motifs is 1. The molecule has 3 rings (SSSR count). The highest BCUT2D eigenvalue weighted by molar-refractivity contribution is 5.93. The summed E-state index contributed by atoms with van der Waals surface area (Å²) in [6.45, 7) is 1.69. The predicted molar refractivity (Wildman–Crippen MR) is 69.5 cm³/mol. The number of carbonyl (C=O) groups is 1. The lowest BCUT2D eigenvalue weighted by Crippen LogP contribution is -2.07. The second kappa shape index (κ2) is 3.94. The van der Waals surface area contributed by atoms with Gasteiger partial charge in [0.25, 0.3) is 0 Å². The average molecular weight is 256 g/mol. The molecule has 0 spiro atoms. The Bertz CT molecular complexity index is 785. The average Bonchev–Trinajstić information content (AvgIpc) is 2.89. The largest absolute Gasteiger partial charge is 0.477 e. The van der Waals surface area contributed by atoms with Gasteiger partial charge in [-0.05, 0) is 19.1 Å². The molecule has 6 nitrogen and oxygen atoms in total. The van der Waals surface area contributed by atoms with E-state index < -0.39 is 5.97 Å². The number of carboxylic acids is 1. The summed E-state index contributed by atoms with van der Waals surface area (Å²) < 4.78 is 3.31. The smallest absolute Gasteiger partial charge is 0.341 e. The van der Waals surface area contributed by atoms with Gasteiger partial charge in [-0.3, -0.25) is 9.25 Å². The van der Waals surface area contributed by atoms with Crippen LogP contribution in [0.25, 0.3) is 16.9 Å². The van der Waals surface area contributed by atoms with Gasteiger partial charge in [-0.1, -0.05) is 12.1 Å². The van der Waals surface area contributed by atoms with Crippen LogP contribution in [0.3, 0.4) is 0 Å². The highest BCUT2D eigenvalue weighted by Crippen LogP contribution is 2.22. The lowest BCUT2D eigenvalue weighted by atomic mass is 10.2. The van der Waals surface area contributed by atoms with E-state index in [4.69, 9.17) is 0 Å². The van der Waals surface area contributed by atoms with Crippen LogP contribution in [-0.4, -0.2) is 30.4 Å². The van der Waals surface area contributed by atoms with E-state index >= 15 is 0 Å². The number of para-hydroxylation sites is 2. The lowest BCUT2D eigenvalue weighted by Gasteiger charge is -2.06. The highest BCUT2D eigenvalue weighted by Gasteiger charge is 2.22. The quantitative estimate of drug-likeness (QED) is 0.758. The Morgan fingerprint density at radius 1 is 1.32 bits per heavy atom. The predicted octanol–water partition coefficient (Wildman–Crippen LogP) is 1.77. The van der Waals surface area contributed by atoms with E-state index in [2.05, 4.69) is 10.1 Å². The van der Waals surface area contributed by atoms with Gasteiger partial charge in [0.1, 0.15) is 11.9 Å². The summed E-state index contributed by atoms with van der Waals surface area (Å²) in [6.07, 6.45) is 1.62. The highest BCUT2D eigenvalue weighted by atomic mass is 16.4. The van der Waals surface area contributed by atoms with Crippen molar-refractivity contribution in [1.82, 2.24) is 19.3 Å². The van der Waals surface area contributed by atoms with Crippen molar-refractivity contribution < 1.29 is 9.90 Å². The monoisotopic (exact) mass is 256 g/mol. The summed E-state index contributed by atoms with van der Waals surface area (Å²) in [5, 5.41) is 13.5. The van der Waals surface area contributed by atoms with Gasteiger partial charge in [0, 0.05) is 7.05 Å². The van der Waals surface area contributed by atoms with Crippen molar-refractivity contribution in [3.05, 3.63) is 41.9 Å². The van der Waals surface area contributed by atoms with Crippen molar-refractivity contribution in [3.63, 3.8) is 0 Å². The molecule has 0 amide bonds. The topological polar surface area (TPSA) is 72.9 Å². The molecule has 2 aromatic heterocycles. The van der Waals surface area contributed by atoms with Gasteiger partial charge in [-0.25, -0.2) is 9.78 Å². The van der Waals surface area contributed by atoms with Gasteiger partial charge in [0.15, 0.2) is 5.82 Å². The SMILES string of the molecule is Cc1nn(C)c(-n2cnc3ccccc32)c1C(=O)O. The van der Waals surface area contributed by atoms with Gasteiger partial charge in [-0.15, -0.1) is 0 Å². The van der Waals surface area contributed by atoms with Crippen LogP contribution in [0.4, 0.5) is 0 Å². The number of aryl methyl sites for hydroxylation is 2. The number of aromatic carboxylic acids is 1. The minimum Gasteiger partial charge on any atom is -0.477 e. The molecule has 0 unspecified atom stereocenters. The third-order valence-electron chi connectivity index (χ3n) is 3.09. The second-order valence-electron chi connectivity index (χ2n) is 4.32. The van der Waals surface area contributed by atoms with Gasteiger partial charge in [-0.2, -0.15) is 5.10 Å². The summed E-state index contributed by atoms with van der Waals surface area (Å²) in [5.41, 5.74) is 2.36. The van der Waals surface area contributed by atoms with E-state index in [1.165, 1.54) is 0 Å². The Labute approximate surface area is 108 Å². The van der Waals surface area contributed by atoms with Crippen LogP contribution in [0.15, 0.2) is 30.6 Å². The molecule has 0 aliphatic carbocycles. The molecule has 6 heteroatoms. The number of aromatic nitrogens is 4. The zero-order valence-electron chi connectivity index (χ0n) is 10.5. The molecular formula is C13H12N4O2. The Kier molecular flexibility index (Phi) is 2.38. The maximum atomic E-state index is 11.4. The minimum atomic E-state index is -0.988. The van der Waals surface area contributed by atoms with Crippen molar-refractivity contribution in [2.24, 2.45) is 7.05 Å². The van der Waals surface area contributed by atoms with Crippen molar-refractivity contribution in [1.29, 1.82) is 0 Å². The van der Waals surface area contributed by atoms with E-state index in [-0.39, 0.29) is 5.56 Å². The molecule has 0 radical (unpaired) electrons. The molecule has 0 atom stereocenters. The maximum absolute atomic E-state index is 11.4. The molecule has 0 saturated heterocycles. The van der Waals surface area contributed by atoms with Crippen LogP contribution in [0.5, 0.6) is 0 Å². The van der Waals surface area contributed by atoms with Crippen LogP contribution in [-0.2, 0) is 7.05 Å². The fraction of sp³-hybridized carbons (Fsp3) is 0.154. The number of nitrogens with zero attached hydrogens (tertiary/aromatic N) is 4. The molecule has 1 N–H and O–H groups in total. The number of rotatable bonds is 2. The molecule has 2 heterocycles. The molecule has 3 aromatic rings. The van der Waals surface area contributed by atoms with E-state index in [9.17, 15) is 9.90 Å².